The molecular formula is C25H21Cl2F2IN2O3S. The summed E-state index contributed by atoms with van der Waals surface area (Å²) < 4.78 is 51.3. The normalized spacial score (nSPS) is 14.6. The third-order valence-electron chi connectivity index (χ3n) is 5.95. The first-order valence-electron chi connectivity index (χ1n) is 11.0. The molecule has 3 aromatic rings. The van der Waals surface area contributed by atoms with Crippen molar-refractivity contribution in [3.05, 3.63) is 99.5 Å². The van der Waals surface area contributed by atoms with Crippen LogP contribution in [-0.4, -0.2) is 44.1 Å². The Labute approximate surface area is 230 Å². The number of likely N-dealkylation sites (tertiary alicyclic amines) is 1. The first-order chi connectivity index (χ1) is 17.0. The number of anilines is 1. The van der Waals surface area contributed by atoms with Crippen molar-refractivity contribution in [2.75, 3.05) is 23.7 Å². The minimum Gasteiger partial charge on any atom is -0.307 e. The highest BCUT2D eigenvalue weighted by Gasteiger charge is 2.40. The van der Waals surface area contributed by atoms with Crippen molar-refractivity contribution >= 4 is 63.0 Å². The average molecular weight is 665 g/mol. The largest absolute Gasteiger partial charge is 0.307 e. The van der Waals surface area contributed by atoms with Crippen LogP contribution in [-0.2, 0) is 11.8 Å². The summed E-state index contributed by atoms with van der Waals surface area (Å²) in [4.78, 5) is 16.5. The summed E-state index contributed by atoms with van der Waals surface area (Å²) in [6.07, 6.45) is -0.294. The number of halogens is 5. The van der Waals surface area contributed by atoms with Crippen LogP contribution in [0.3, 0.4) is 0 Å². The maximum absolute atomic E-state index is 14.0. The Balaban J connectivity index is 1.62. The highest BCUT2D eigenvalue weighted by atomic mass is 127. The van der Waals surface area contributed by atoms with E-state index in [1.165, 1.54) is 26.1 Å². The Morgan fingerprint density at radius 1 is 0.944 bits per heavy atom. The molecule has 1 aliphatic heterocycles. The quantitative estimate of drug-likeness (QED) is 0.212. The Morgan fingerprint density at radius 3 is 1.86 bits per heavy atom. The highest BCUT2D eigenvalue weighted by Crippen LogP contribution is 2.36. The van der Waals surface area contributed by atoms with Gasteiger partial charge in [0.2, 0.25) is 12.9 Å². The molecule has 0 saturated carbocycles. The molecule has 1 fully saturated rings. The number of benzene rings is 3. The molecule has 0 aliphatic carbocycles. The lowest BCUT2D eigenvalue weighted by Gasteiger charge is -2.49. The minimum atomic E-state index is -3.43. The van der Waals surface area contributed by atoms with Gasteiger partial charge in [-0.2, -0.15) is 0 Å². The van der Waals surface area contributed by atoms with Crippen LogP contribution in [0.2, 0.25) is 10.0 Å². The molecule has 36 heavy (non-hydrogen) atoms. The van der Waals surface area contributed by atoms with Gasteiger partial charge in [-0.15, -0.1) is 0 Å². The summed E-state index contributed by atoms with van der Waals surface area (Å²) >= 11 is 13.5. The highest BCUT2D eigenvalue weighted by molar-refractivity contribution is 14.2. The van der Waals surface area contributed by atoms with Crippen molar-refractivity contribution < 1.29 is 22.0 Å². The van der Waals surface area contributed by atoms with E-state index in [0.717, 1.165) is 29.3 Å². The second-order valence-electron chi connectivity index (χ2n) is 8.50. The van der Waals surface area contributed by atoms with Crippen molar-refractivity contribution in [1.29, 1.82) is 0 Å². The monoisotopic (exact) mass is 664 g/mol. The van der Waals surface area contributed by atoms with E-state index in [4.69, 9.17) is 23.2 Å². The number of amides is 1. The van der Waals surface area contributed by atoms with Crippen molar-refractivity contribution in [3.63, 3.8) is 0 Å². The summed E-state index contributed by atoms with van der Waals surface area (Å²) in [6, 6.07) is 17.2. The molecule has 3 aromatic carbocycles. The van der Waals surface area contributed by atoms with Gasteiger partial charge in [0.1, 0.15) is 11.6 Å². The maximum atomic E-state index is 14.0. The van der Waals surface area contributed by atoms with Gasteiger partial charge < -0.3 is 4.90 Å². The van der Waals surface area contributed by atoms with Crippen molar-refractivity contribution in [3.8, 4) is 0 Å². The molecule has 0 N–H and O–H groups in total. The molecule has 1 saturated heterocycles. The van der Waals surface area contributed by atoms with E-state index in [1.54, 1.807) is 24.3 Å². The van der Waals surface area contributed by atoms with Gasteiger partial charge in [0.15, 0.2) is 0 Å². The fraction of sp³-hybridized carbons (Fsp3) is 0.240. The van der Waals surface area contributed by atoms with Crippen LogP contribution in [0.15, 0.2) is 66.7 Å². The Kier molecular flexibility index (Phi) is 8.56. The van der Waals surface area contributed by atoms with Gasteiger partial charge in [-0.05, 0) is 47.5 Å². The van der Waals surface area contributed by atoms with Gasteiger partial charge in [-0.1, -0.05) is 47.5 Å². The molecule has 0 bridgehead atoms. The number of hydrogen-bond donors (Lipinski definition) is 0. The van der Waals surface area contributed by atoms with Crippen molar-refractivity contribution in [1.82, 2.24) is 4.90 Å². The summed E-state index contributed by atoms with van der Waals surface area (Å²) in [6.45, 7) is 0.799. The summed E-state index contributed by atoms with van der Waals surface area (Å²) in [5.41, 5.74) is 2.01. The van der Waals surface area contributed by atoms with Crippen LogP contribution in [0, 0.1) is 11.6 Å². The lowest BCUT2D eigenvalue weighted by atomic mass is 9.92. The maximum Gasteiger partial charge on any atom is 0.228 e. The molecule has 1 aliphatic rings. The minimum absolute atomic E-state index is 0.0579. The fourth-order valence-corrected chi connectivity index (χ4v) is 5.66. The number of carbonyl (C=O) groups is 1. The predicted octanol–water partition coefficient (Wildman–Crippen LogP) is 6.23. The third kappa shape index (κ3) is 6.74. The van der Waals surface area contributed by atoms with E-state index in [2.05, 4.69) is 4.90 Å². The summed E-state index contributed by atoms with van der Waals surface area (Å²) in [5, 5.41) is 1.20. The van der Waals surface area contributed by atoms with E-state index in [1.807, 2.05) is 24.3 Å². The van der Waals surface area contributed by atoms with Crippen LogP contribution in [0.1, 0.15) is 23.6 Å². The Bertz CT molecular complexity index is 1290. The Morgan fingerprint density at radius 2 is 1.42 bits per heavy atom. The SMILES string of the molecule is O=C(CCS(=O)(=O)I)N(c1cc(F)cc(F)c1)C1CN(C(c2ccc(Cl)cc2)c2ccc(Cl)cc2)C1. The van der Waals surface area contributed by atoms with Crippen LogP contribution in [0.5, 0.6) is 0 Å². The standard InChI is InChI=1S/C25H21Cl2F2IN2O3S/c26-18-5-1-16(2-6-18)25(17-3-7-19(27)8-4-17)31-14-23(15-31)32(24(33)9-10-36(30,34)35)22-12-20(28)11-21(29)13-22/h1-8,11-13,23,25H,9-10,14-15H2. The molecule has 0 atom stereocenters. The molecular weight excluding hydrogens is 644 g/mol. The molecule has 0 aromatic heterocycles. The second-order valence-corrected chi connectivity index (χ2v) is 14.9. The molecule has 0 spiro atoms. The van der Waals surface area contributed by atoms with E-state index >= 15 is 0 Å². The van der Waals surface area contributed by atoms with Crippen LogP contribution in [0.4, 0.5) is 14.5 Å². The molecule has 1 heterocycles. The van der Waals surface area contributed by atoms with Gasteiger partial charge in [-0.3, -0.25) is 9.69 Å². The zero-order valence-electron chi connectivity index (χ0n) is 18.8. The number of hydrogen-bond acceptors (Lipinski definition) is 4. The smallest absolute Gasteiger partial charge is 0.228 e. The molecule has 1 amide bonds. The first kappa shape index (κ1) is 27.3. The summed E-state index contributed by atoms with van der Waals surface area (Å²) in [5.74, 6) is -2.52. The molecule has 4 rings (SSSR count). The summed E-state index contributed by atoms with van der Waals surface area (Å²) in [7, 11) is -3.43. The second kappa shape index (κ2) is 11.3. The van der Waals surface area contributed by atoms with Crippen LogP contribution >= 0.6 is 44.4 Å². The number of rotatable bonds is 8. The zero-order valence-corrected chi connectivity index (χ0v) is 23.2. The van der Waals surface area contributed by atoms with Gasteiger partial charge >= 0.3 is 0 Å². The molecule has 190 valence electrons. The predicted molar refractivity (Wildman–Crippen MR) is 146 cm³/mol. The van der Waals surface area contributed by atoms with Crippen LogP contribution in [0.25, 0.3) is 0 Å². The van der Waals surface area contributed by atoms with Gasteiger partial charge in [0, 0.05) is 41.3 Å². The fourth-order valence-electron chi connectivity index (χ4n) is 4.33. The molecule has 11 heteroatoms. The first-order valence-corrected chi connectivity index (χ1v) is 15.9. The van der Waals surface area contributed by atoms with E-state index in [-0.39, 0.29) is 23.9 Å². The molecule has 5 nitrogen and oxygen atoms in total. The van der Waals surface area contributed by atoms with Crippen LogP contribution < -0.4 is 4.90 Å². The Hall–Kier alpha value is -1.79. The van der Waals surface area contributed by atoms with E-state index in [0.29, 0.717) is 23.1 Å². The van der Waals surface area contributed by atoms with E-state index < -0.39 is 30.6 Å². The van der Waals surface area contributed by atoms with Gasteiger partial charge in [0.05, 0.1) is 39.0 Å². The molecule has 0 unspecified atom stereocenters. The average Bonchev–Trinajstić information content (AvgIpc) is 2.77. The third-order valence-corrected chi connectivity index (χ3v) is 8.46. The topological polar surface area (TPSA) is 57.7 Å². The lowest BCUT2D eigenvalue weighted by molar-refractivity contribution is -0.119. The van der Waals surface area contributed by atoms with Gasteiger partial charge in [-0.25, -0.2) is 17.2 Å². The molecule has 0 radical (unpaired) electrons. The number of carbonyl (C=O) groups excluding carboxylic acids is 1. The van der Waals surface area contributed by atoms with Crippen molar-refractivity contribution in [2.24, 2.45) is 0 Å². The van der Waals surface area contributed by atoms with Gasteiger partial charge in [0.25, 0.3) is 0 Å². The number of nitrogens with zero attached hydrogens (tertiary/aromatic N) is 2. The van der Waals surface area contributed by atoms with Crippen molar-refractivity contribution in [2.45, 2.75) is 18.5 Å². The van der Waals surface area contributed by atoms with E-state index in [9.17, 15) is 22.0 Å². The lowest BCUT2D eigenvalue weighted by Crippen LogP contribution is -2.62. The zero-order chi connectivity index (χ0) is 26.0.